The van der Waals surface area contributed by atoms with E-state index in [4.69, 9.17) is 5.73 Å². The molecule has 0 aromatic heterocycles. The van der Waals surface area contributed by atoms with Gasteiger partial charge in [-0.25, -0.2) is 0 Å². The van der Waals surface area contributed by atoms with Gasteiger partial charge in [0.25, 0.3) is 0 Å². The van der Waals surface area contributed by atoms with Gasteiger partial charge in [-0.05, 0) is 24.1 Å². The molecular formula is C13H18BrN3O. The standard InChI is InChI=1S/C13H18BrN3O/c1-9-8-10(2-3-11(9)14)12(13(15)18)17-6-4-16-5-7-17/h2-3,8,12,16H,4-7H2,1H3,(H2,15,18). The van der Waals surface area contributed by atoms with Crippen molar-refractivity contribution in [2.75, 3.05) is 26.2 Å². The van der Waals surface area contributed by atoms with Crippen molar-refractivity contribution in [1.82, 2.24) is 10.2 Å². The first-order valence-corrected chi connectivity index (χ1v) is 6.89. The smallest absolute Gasteiger partial charge is 0.239 e. The molecule has 0 saturated carbocycles. The molecule has 1 amide bonds. The molecule has 3 N–H and O–H groups in total. The van der Waals surface area contributed by atoms with Crippen LogP contribution in [0.25, 0.3) is 0 Å². The third kappa shape index (κ3) is 2.91. The van der Waals surface area contributed by atoms with Gasteiger partial charge in [-0.3, -0.25) is 9.69 Å². The number of nitrogens with one attached hydrogen (secondary N) is 1. The Hall–Kier alpha value is -0.910. The van der Waals surface area contributed by atoms with Gasteiger partial charge in [-0.15, -0.1) is 0 Å². The second-order valence-corrected chi connectivity index (χ2v) is 5.45. The highest BCUT2D eigenvalue weighted by molar-refractivity contribution is 9.10. The number of hydrogen-bond acceptors (Lipinski definition) is 3. The molecule has 0 radical (unpaired) electrons. The van der Waals surface area contributed by atoms with E-state index in [2.05, 4.69) is 26.1 Å². The molecule has 1 heterocycles. The Bertz CT molecular complexity index is 444. The maximum atomic E-state index is 11.7. The average molecular weight is 312 g/mol. The van der Waals surface area contributed by atoms with Crippen molar-refractivity contribution in [3.8, 4) is 0 Å². The highest BCUT2D eigenvalue weighted by Gasteiger charge is 2.26. The van der Waals surface area contributed by atoms with E-state index in [0.29, 0.717) is 0 Å². The predicted molar refractivity (Wildman–Crippen MR) is 75.3 cm³/mol. The minimum absolute atomic E-state index is 0.279. The van der Waals surface area contributed by atoms with Crippen LogP contribution in [0.2, 0.25) is 0 Å². The van der Waals surface area contributed by atoms with E-state index in [1.165, 1.54) is 0 Å². The fraction of sp³-hybridized carbons (Fsp3) is 0.462. The Morgan fingerprint density at radius 2 is 2.11 bits per heavy atom. The molecule has 0 bridgehead atoms. The van der Waals surface area contributed by atoms with Crippen LogP contribution in [0.4, 0.5) is 0 Å². The lowest BCUT2D eigenvalue weighted by Gasteiger charge is -2.33. The van der Waals surface area contributed by atoms with Crippen molar-refractivity contribution in [1.29, 1.82) is 0 Å². The first kappa shape index (κ1) is 13.5. The van der Waals surface area contributed by atoms with Gasteiger partial charge in [-0.2, -0.15) is 0 Å². The zero-order valence-electron chi connectivity index (χ0n) is 10.4. The summed E-state index contributed by atoms with van der Waals surface area (Å²) in [6.45, 7) is 5.52. The van der Waals surface area contributed by atoms with Crippen LogP contribution >= 0.6 is 15.9 Å². The first-order chi connectivity index (χ1) is 8.59. The Kier molecular flexibility index (Phi) is 4.37. The average Bonchev–Trinajstić information content (AvgIpc) is 2.35. The van der Waals surface area contributed by atoms with Gasteiger partial charge in [0.15, 0.2) is 0 Å². The summed E-state index contributed by atoms with van der Waals surface area (Å²) in [7, 11) is 0. The van der Waals surface area contributed by atoms with Crippen LogP contribution in [0.15, 0.2) is 22.7 Å². The summed E-state index contributed by atoms with van der Waals surface area (Å²) in [6, 6.07) is 5.65. The number of nitrogens with two attached hydrogens (primary N) is 1. The second kappa shape index (κ2) is 5.82. The molecule has 98 valence electrons. The topological polar surface area (TPSA) is 58.4 Å². The van der Waals surface area contributed by atoms with Gasteiger partial charge in [-0.1, -0.05) is 28.1 Å². The maximum Gasteiger partial charge on any atom is 0.239 e. The van der Waals surface area contributed by atoms with E-state index >= 15 is 0 Å². The summed E-state index contributed by atoms with van der Waals surface area (Å²) in [5.74, 6) is -0.279. The predicted octanol–water partition coefficient (Wildman–Crippen LogP) is 1.19. The van der Waals surface area contributed by atoms with Crippen LogP contribution < -0.4 is 11.1 Å². The molecule has 18 heavy (non-hydrogen) atoms. The summed E-state index contributed by atoms with van der Waals surface area (Å²) in [6.07, 6.45) is 0. The van der Waals surface area contributed by atoms with Crippen molar-refractivity contribution >= 4 is 21.8 Å². The zero-order valence-corrected chi connectivity index (χ0v) is 12.0. The fourth-order valence-electron chi connectivity index (χ4n) is 2.33. The van der Waals surface area contributed by atoms with Crippen LogP contribution in [0.3, 0.4) is 0 Å². The number of rotatable bonds is 3. The second-order valence-electron chi connectivity index (χ2n) is 4.60. The van der Waals surface area contributed by atoms with Crippen LogP contribution in [-0.4, -0.2) is 37.0 Å². The Balaban J connectivity index is 2.28. The summed E-state index contributed by atoms with van der Waals surface area (Å²) in [4.78, 5) is 13.9. The molecular weight excluding hydrogens is 294 g/mol. The molecule has 5 heteroatoms. The van der Waals surface area contributed by atoms with Gasteiger partial charge >= 0.3 is 0 Å². The number of carbonyl (C=O) groups excluding carboxylic acids is 1. The van der Waals surface area contributed by atoms with Crippen molar-refractivity contribution in [2.45, 2.75) is 13.0 Å². The highest BCUT2D eigenvalue weighted by atomic mass is 79.9. The van der Waals surface area contributed by atoms with Crippen molar-refractivity contribution in [2.24, 2.45) is 5.73 Å². The van der Waals surface area contributed by atoms with E-state index < -0.39 is 0 Å². The van der Waals surface area contributed by atoms with Crippen LogP contribution in [0, 0.1) is 6.92 Å². The fourth-order valence-corrected chi connectivity index (χ4v) is 2.58. The lowest BCUT2D eigenvalue weighted by atomic mass is 10.0. The van der Waals surface area contributed by atoms with Crippen molar-refractivity contribution in [3.63, 3.8) is 0 Å². The summed E-state index contributed by atoms with van der Waals surface area (Å²) < 4.78 is 1.05. The van der Waals surface area contributed by atoms with Crippen LogP contribution in [0.1, 0.15) is 17.2 Å². The molecule has 1 aliphatic rings. The quantitative estimate of drug-likeness (QED) is 0.881. The number of carbonyl (C=O) groups is 1. The lowest BCUT2D eigenvalue weighted by Crippen LogP contribution is -2.48. The van der Waals surface area contributed by atoms with Crippen LogP contribution in [0.5, 0.6) is 0 Å². The van der Waals surface area contributed by atoms with E-state index in [1.54, 1.807) is 0 Å². The van der Waals surface area contributed by atoms with E-state index in [-0.39, 0.29) is 11.9 Å². The number of amides is 1. The Morgan fingerprint density at radius 1 is 1.44 bits per heavy atom. The van der Waals surface area contributed by atoms with Crippen LogP contribution in [-0.2, 0) is 4.79 Å². The van der Waals surface area contributed by atoms with Gasteiger partial charge in [0, 0.05) is 30.7 Å². The number of nitrogens with zero attached hydrogens (tertiary/aromatic N) is 1. The molecule has 1 atom stereocenters. The number of halogens is 1. The minimum atomic E-state index is -0.320. The number of benzene rings is 1. The van der Waals surface area contributed by atoms with Gasteiger partial charge in [0.1, 0.15) is 6.04 Å². The van der Waals surface area contributed by atoms with E-state index in [9.17, 15) is 4.79 Å². The third-order valence-electron chi connectivity index (χ3n) is 3.28. The number of piperazine rings is 1. The molecule has 1 aromatic rings. The molecule has 0 aliphatic carbocycles. The maximum absolute atomic E-state index is 11.7. The largest absolute Gasteiger partial charge is 0.368 e. The number of hydrogen-bond donors (Lipinski definition) is 2. The molecule has 1 aliphatic heterocycles. The minimum Gasteiger partial charge on any atom is -0.368 e. The molecule has 1 saturated heterocycles. The summed E-state index contributed by atoms with van der Waals surface area (Å²) >= 11 is 3.47. The number of primary amides is 1. The molecule has 1 fully saturated rings. The van der Waals surface area contributed by atoms with E-state index in [1.807, 2.05) is 25.1 Å². The van der Waals surface area contributed by atoms with Crippen molar-refractivity contribution < 1.29 is 4.79 Å². The Labute approximate surface area is 116 Å². The summed E-state index contributed by atoms with van der Waals surface area (Å²) in [5, 5.41) is 3.28. The SMILES string of the molecule is Cc1cc(C(C(N)=O)N2CCNCC2)ccc1Br. The molecule has 1 unspecified atom stereocenters. The molecule has 4 nitrogen and oxygen atoms in total. The molecule has 0 spiro atoms. The first-order valence-electron chi connectivity index (χ1n) is 6.09. The van der Waals surface area contributed by atoms with Gasteiger partial charge in [0.05, 0.1) is 0 Å². The molecule has 1 aromatic carbocycles. The summed E-state index contributed by atoms with van der Waals surface area (Å²) in [5.41, 5.74) is 7.67. The lowest BCUT2D eigenvalue weighted by molar-refractivity contribution is -0.123. The highest BCUT2D eigenvalue weighted by Crippen LogP contribution is 2.25. The third-order valence-corrected chi connectivity index (χ3v) is 4.17. The van der Waals surface area contributed by atoms with Crippen molar-refractivity contribution in [3.05, 3.63) is 33.8 Å². The number of aryl methyl sites for hydroxylation is 1. The Morgan fingerprint density at radius 3 is 2.67 bits per heavy atom. The normalized spacial score (nSPS) is 18.6. The monoisotopic (exact) mass is 311 g/mol. The zero-order chi connectivity index (χ0) is 13.1. The van der Waals surface area contributed by atoms with Gasteiger partial charge < -0.3 is 11.1 Å². The van der Waals surface area contributed by atoms with Gasteiger partial charge in [0.2, 0.25) is 5.91 Å². The van der Waals surface area contributed by atoms with E-state index in [0.717, 1.165) is 41.8 Å². The molecule has 2 rings (SSSR count).